The monoisotopic (exact) mass is 388 g/mol. The van der Waals surface area contributed by atoms with Crippen molar-refractivity contribution in [1.82, 2.24) is 10.2 Å². The highest BCUT2D eigenvalue weighted by molar-refractivity contribution is 5.95. The number of amides is 2. The molecule has 2 heterocycles. The Morgan fingerprint density at radius 1 is 1.18 bits per heavy atom. The van der Waals surface area contributed by atoms with Crippen LogP contribution in [-0.2, 0) is 9.53 Å². The van der Waals surface area contributed by atoms with Gasteiger partial charge in [0.25, 0.3) is 5.91 Å². The fourth-order valence-corrected chi connectivity index (χ4v) is 4.80. The van der Waals surface area contributed by atoms with Crippen LogP contribution in [-0.4, -0.2) is 62.8 Å². The Morgan fingerprint density at radius 3 is 2.68 bits per heavy atom. The number of likely N-dealkylation sites (tertiary alicyclic amines) is 1. The smallest absolute Gasteiger partial charge is 0.251 e. The van der Waals surface area contributed by atoms with Crippen LogP contribution in [0.4, 0.5) is 0 Å². The molecule has 1 aromatic rings. The van der Waals surface area contributed by atoms with Crippen molar-refractivity contribution in [2.45, 2.75) is 38.1 Å². The first-order valence-corrected chi connectivity index (χ1v) is 10.1. The molecule has 152 valence electrons. The SMILES string of the molecule is COCC(=O)N1CCC2(CCCC2NC(=O)c2ccc3c(c2)OCCO3)CC1. The highest BCUT2D eigenvalue weighted by Crippen LogP contribution is 2.46. The summed E-state index contributed by atoms with van der Waals surface area (Å²) in [7, 11) is 1.55. The summed E-state index contributed by atoms with van der Waals surface area (Å²) in [6, 6.07) is 5.50. The molecule has 0 bridgehead atoms. The van der Waals surface area contributed by atoms with Crippen LogP contribution in [0.2, 0.25) is 0 Å². The maximum Gasteiger partial charge on any atom is 0.251 e. The van der Waals surface area contributed by atoms with Crippen LogP contribution in [0, 0.1) is 5.41 Å². The van der Waals surface area contributed by atoms with Gasteiger partial charge in [0, 0.05) is 31.8 Å². The van der Waals surface area contributed by atoms with E-state index in [1.54, 1.807) is 25.3 Å². The number of nitrogens with zero attached hydrogens (tertiary/aromatic N) is 1. The van der Waals surface area contributed by atoms with Gasteiger partial charge in [0.1, 0.15) is 19.8 Å². The van der Waals surface area contributed by atoms with Gasteiger partial charge in [-0.2, -0.15) is 0 Å². The fourth-order valence-electron chi connectivity index (χ4n) is 4.80. The van der Waals surface area contributed by atoms with Gasteiger partial charge in [0.2, 0.25) is 5.91 Å². The van der Waals surface area contributed by atoms with Crippen molar-refractivity contribution in [2.75, 3.05) is 40.0 Å². The molecule has 1 atom stereocenters. The maximum atomic E-state index is 12.9. The molecule has 2 amide bonds. The summed E-state index contributed by atoms with van der Waals surface area (Å²) in [6.45, 7) is 2.64. The molecule has 3 aliphatic rings. The highest BCUT2D eigenvalue weighted by Gasteiger charge is 2.46. The molecule has 1 saturated heterocycles. The lowest BCUT2D eigenvalue weighted by Gasteiger charge is -2.43. The van der Waals surface area contributed by atoms with Crippen molar-refractivity contribution in [2.24, 2.45) is 5.41 Å². The van der Waals surface area contributed by atoms with Crippen molar-refractivity contribution in [3.8, 4) is 11.5 Å². The van der Waals surface area contributed by atoms with Gasteiger partial charge in [0.05, 0.1) is 0 Å². The molecular weight excluding hydrogens is 360 g/mol. The van der Waals surface area contributed by atoms with Crippen molar-refractivity contribution in [1.29, 1.82) is 0 Å². The molecule has 7 heteroatoms. The van der Waals surface area contributed by atoms with Gasteiger partial charge in [-0.25, -0.2) is 0 Å². The number of benzene rings is 1. The summed E-state index contributed by atoms with van der Waals surface area (Å²) < 4.78 is 16.1. The third-order valence-electron chi connectivity index (χ3n) is 6.40. The van der Waals surface area contributed by atoms with Crippen LogP contribution in [0.25, 0.3) is 0 Å². The number of methoxy groups -OCH3 is 1. The molecule has 1 aliphatic carbocycles. The van der Waals surface area contributed by atoms with E-state index in [-0.39, 0.29) is 29.9 Å². The Balaban J connectivity index is 1.40. The Kier molecular flexibility index (Phi) is 5.44. The zero-order chi connectivity index (χ0) is 19.6. The summed E-state index contributed by atoms with van der Waals surface area (Å²) in [5.74, 6) is 1.30. The zero-order valence-electron chi connectivity index (χ0n) is 16.4. The molecule has 1 saturated carbocycles. The number of rotatable bonds is 4. The summed E-state index contributed by atoms with van der Waals surface area (Å²) in [5, 5.41) is 3.27. The Labute approximate surface area is 165 Å². The summed E-state index contributed by atoms with van der Waals surface area (Å²) in [5.41, 5.74) is 0.687. The van der Waals surface area contributed by atoms with Crippen LogP contribution >= 0.6 is 0 Å². The predicted octanol–water partition coefficient (Wildman–Crippen LogP) is 2.00. The lowest BCUT2D eigenvalue weighted by atomic mass is 9.74. The maximum absolute atomic E-state index is 12.9. The molecule has 2 fully saturated rings. The molecule has 1 aromatic carbocycles. The van der Waals surface area contributed by atoms with Crippen LogP contribution in [0.3, 0.4) is 0 Å². The van der Waals surface area contributed by atoms with E-state index in [2.05, 4.69) is 5.32 Å². The van der Waals surface area contributed by atoms with Gasteiger partial charge in [0.15, 0.2) is 11.5 Å². The molecule has 0 aromatic heterocycles. The molecular formula is C21H28N2O5. The van der Waals surface area contributed by atoms with E-state index in [1.165, 1.54) is 0 Å². The summed E-state index contributed by atoms with van der Waals surface area (Å²) in [4.78, 5) is 26.8. The number of piperidine rings is 1. The average Bonchev–Trinajstić information content (AvgIpc) is 3.09. The van der Waals surface area contributed by atoms with Crippen LogP contribution < -0.4 is 14.8 Å². The van der Waals surface area contributed by atoms with E-state index in [0.29, 0.717) is 30.3 Å². The largest absolute Gasteiger partial charge is 0.486 e. The number of hydrogen-bond donors (Lipinski definition) is 1. The minimum atomic E-state index is -0.0684. The van der Waals surface area contributed by atoms with Gasteiger partial charge in [-0.15, -0.1) is 0 Å². The van der Waals surface area contributed by atoms with E-state index >= 15 is 0 Å². The Hall–Kier alpha value is -2.28. The average molecular weight is 388 g/mol. The summed E-state index contributed by atoms with van der Waals surface area (Å²) >= 11 is 0. The quantitative estimate of drug-likeness (QED) is 0.854. The summed E-state index contributed by atoms with van der Waals surface area (Å²) in [6.07, 6.45) is 5.05. The molecule has 4 rings (SSSR count). The minimum absolute atomic E-state index is 0.0483. The first-order chi connectivity index (χ1) is 13.6. The van der Waals surface area contributed by atoms with Crippen molar-refractivity contribution in [3.63, 3.8) is 0 Å². The first kappa shape index (κ1) is 19.1. The van der Waals surface area contributed by atoms with Gasteiger partial charge in [-0.3, -0.25) is 9.59 Å². The van der Waals surface area contributed by atoms with Gasteiger partial charge >= 0.3 is 0 Å². The van der Waals surface area contributed by atoms with E-state index in [0.717, 1.165) is 45.2 Å². The highest BCUT2D eigenvalue weighted by atomic mass is 16.6. The molecule has 1 unspecified atom stereocenters. The Morgan fingerprint density at radius 2 is 1.93 bits per heavy atom. The van der Waals surface area contributed by atoms with E-state index < -0.39 is 0 Å². The minimum Gasteiger partial charge on any atom is -0.486 e. The Bertz CT molecular complexity index is 742. The standard InChI is InChI=1S/C21H28N2O5/c1-26-14-19(24)23-9-7-21(8-10-23)6-2-3-18(21)22-20(25)15-4-5-16-17(13-15)28-12-11-27-16/h4-5,13,18H,2-3,6-12,14H2,1H3,(H,22,25). The third-order valence-corrected chi connectivity index (χ3v) is 6.40. The van der Waals surface area contributed by atoms with Crippen molar-refractivity contribution in [3.05, 3.63) is 23.8 Å². The van der Waals surface area contributed by atoms with E-state index in [9.17, 15) is 9.59 Å². The molecule has 28 heavy (non-hydrogen) atoms. The number of carbonyl (C=O) groups excluding carboxylic acids is 2. The van der Waals surface area contributed by atoms with Crippen LogP contribution in [0.1, 0.15) is 42.5 Å². The second-order valence-corrected chi connectivity index (χ2v) is 7.95. The topological polar surface area (TPSA) is 77.1 Å². The van der Waals surface area contributed by atoms with Crippen LogP contribution in [0.5, 0.6) is 11.5 Å². The van der Waals surface area contributed by atoms with Crippen LogP contribution in [0.15, 0.2) is 18.2 Å². The van der Waals surface area contributed by atoms with E-state index in [1.807, 2.05) is 4.90 Å². The number of fused-ring (bicyclic) bond motifs is 1. The molecule has 7 nitrogen and oxygen atoms in total. The molecule has 1 spiro atoms. The number of carbonyl (C=O) groups is 2. The third kappa shape index (κ3) is 3.68. The molecule has 0 radical (unpaired) electrons. The second-order valence-electron chi connectivity index (χ2n) is 7.95. The lowest BCUT2D eigenvalue weighted by Crippen LogP contribution is -2.51. The predicted molar refractivity (Wildman–Crippen MR) is 103 cm³/mol. The number of hydrogen-bond acceptors (Lipinski definition) is 5. The molecule has 1 N–H and O–H groups in total. The normalized spacial score (nSPS) is 22.9. The number of nitrogens with one attached hydrogen (secondary N) is 1. The molecule has 2 aliphatic heterocycles. The zero-order valence-corrected chi connectivity index (χ0v) is 16.4. The van der Waals surface area contributed by atoms with Crippen molar-refractivity contribution >= 4 is 11.8 Å². The van der Waals surface area contributed by atoms with Gasteiger partial charge in [-0.1, -0.05) is 6.42 Å². The lowest BCUT2D eigenvalue weighted by molar-refractivity contribution is -0.137. The van der Waals surface area contributed by atoms with E-state index in [4.69, 9.17) is 14.2 Å². The van der Waals surface area contributed by atoms with Gasteiger partial charge in [-0.05, 0) is 49.3 Å². The van der Waals surface area contributed by atoms with Gasteiger partial charge < -0.3 is 24.4 Å². The van der Waals surface area contributed by atoms with Crippen molar-refractivity contribution < 1.29 is 23.8 Å². The number of ether oxygens (including phenoxy) is 3. The second kappa shape index (κ2) is 7.99. The first-order valence-electron chi connectivity index (χ1n) is 10.1. The fraction of sp³-hybridized carbons (Fsp3) is 0.619.